The van der Waals surface area contributed by atoms with E-state index in [1.807, 2.05) is 0 Å². The SMILES string of the molecule is N#Cc1c(F)cccc1NC(=O)c1cccnc1Br. The molecule has 1 N–H and O–H groups in total. The average molecular weight is 320 g/mol. The fraction of sp³-hybridized carbons (Fsp3) is 0. The Hall–Kier alpha value is -2.26. The predicted octanol–water partition coefficient (Wildman–Crippen LogP) is 3.11. The second-order valence-corrected chi connectivity index (χ2v) is 4.32. The monoisotopic (exact) mass is 319 g/mol. The third kappa shape index (κ3) is 2.77. The molecule has 2 rings (SSSR count). The molecule has 1 amide bonds. The van der Waals surface area contributed by atoms with E-state index in [1.54, 1.807) is 18.2 Å². The maximum atomic E-state index is 13.4. The first kappa shape index (κ1) is 13.2. The Labute approximate surface area is 117 Å². The normalized spacial score (nSPS) is 9.74. The molecule has 0 atom stereocenters. The number of aromatic nitrogens is 1. The van der Waals surface area contributed by atoms with Gasteiger partial charge in [0.1, 0.15) is 22.1 Å². The van der Waals surface area contributed by atoms with E-state index in [0.29, 0.717) is 10.2 Å². The van der Waals surface area contributed by atoms with Crippen molar-refractivity contribution in [2.24, 2.45) is 0 Å². The smallest absolute Gasteiger partial charge is 0.258 e. The Kier molecular flexibility index (Phi) is 3.88. The quantitative estimate of drug-likeness (QED) is 0.865. The van der Waals surface area contributed by atoms with E-state index >= 15 is 0 Å². The molecule has 1 aromatic heterocycles. The number of carbonyl (C=O) groups is 1. The molecule has 0 unspecified atom stereocenters. The molecule has 2 aromatic rings. The van der Waals surface area contributed by atoms with E-state index < -0.39 is 11.7 Å². The van der Waals surface area contributed by atoms with Crippen LogP contribution in [-0.2, 0) is 0 Å². The minimum Gasteiger partial charge on any atom is -0.321 e. The molecule has 0 saturated carbocycles. The summed E-state index contributed by atoms with van der Waals surface area (Å²) in [6.45, 7) is 0. The summed E-state index contributed by atoms with van der Waals surface area (Å²) in [5.41, 5.74) is 0.231. The highest BCUT2D eigenvalue weighted by atomic mass is 79.9. The summed E-state index contributed by atoms with van der Waals surface area (Å²) in [7, 11) is 0. The van der Waals surface area contributed by atoms with Crippen molar-refractivity contribution in [3.05, 3.63) is 58.1 Å². The van der Waals surface area contributed by atoms with Crippen molar-refractivity contribution < 1.29 is 9.18 Å². The predicted molar refractivity (Wildman–Crippen MR) is 71.0 cm³/mol. The molecule has 4 nitrogen and oxygen atoms in total. The minimum absolute atomic E-state index is 0.128. The van der Waals surface area contributed by atoms with E-state index in [0.717, 1.165) is 6.07 Å². The molecule has 0 bridgehead atoms. The molecule has 0 spiro atoms. The maximum Gasteiger partial charge on any atom is 0.258 e. The van der Waals surface area contributed by atoms with Crippen LogP contribution in [0, 0.1) is 17.1 Å². The van der Waals surface area contributed by atoms with Crippen LogP contribution >= 0.6 is 15.9 Å². The third-order valence-electron chi connectivity index (χ3n) is 2.38. The number of nitrogens with one attached hydrogen (secondary N) is 1. The Morgan fingerprint density at radius 1 is 1.37 bits per heavy atom. The number of carbonyl (C=O) groups excluding carboxylic acids is 1. The van der Waals surface area contributed by atoms with Gasteiger partial charge in [-0.05, 0) is 40.2 Å². The Bertz CT molecular complexity index is 682. The van der Waals surface area contributed by atoms with Crippen molar-refractivity contribution in [2.75, 3.05) is 5.32 Å². The largest absolute Gasteiger partial charge is 0.321 e. The van der Waals surface area contributed by atoms with Gasteiger partial charge in [0, 0.05) is 6.20 Å². The molecule has 0 aliphatic carbocycles. The molecule has 0 aliphatic rings. The molecule has 0 fully saturated rings. The van der Waals surface area contributed by atoms with Crippen LogP contribution in [0.3, 0.4) is 0 Å². The topological polar surface area (TPSA) is 65.8 Å². The van der Waals surface area contributed by atoms with Gasteiger partial charge in [0.25, 0.3) is 5.91 Å². The lowest BCUT2D eigenvalue weighted by Crippen LogP contribution is -2.14. The zero-order valence-corrected chi connectivity index (χ0v) is 11.1. The molecule has 94 valence electrons. The zero-order valence-electron chi connectivity index (χ0n) is 9.52. The number of nitriles is 1. The minimum atomic E-state index is -0.675. The summed E-state index contributed by atoms with van der Waals surface area (Å²) in [5, 5.41) is 11.4. The number of nitrogens with zero attached hydrogens (tertiary/aromatic N) is 2. The lowest BCUT2D eigenvalue weighted by Gasteiger charge is -2.08. The molecule has 1 aromatic carbocycles. The van der Waals surface area contributed by atoms with Crippen LogP contribution in [-0.4, -0.2) is 10.9 Å². The Morgan fingerprint density at radius 3 is 2.84 bits per heavy atom. The summed E-state index contributed by atoms with van der Waals surface area (Å²) in [5.74, 6) is -1.15. The molecule has 0 aliphatic heterocycles. The molecule has 6 heteroatoms. The number of benzene rings is 1. The summed E-state index contributed by atoms with van der Waals surface area (Å²) in [6.07, 6.45) is 1.53. The summed E-state index contributed by atoms with van der Waals surface area (Å²) in [6, 6.07) is 8.94. The van der Waals surface area contributed by atoms with E-state index in [2.05, 4.69) is 26.2 Å². The number of amides is 1. The van der Waals surface area contributed by atoms with E-state index in [-0.39, 0.29) is 11.3 Å². The van der Waals surface area contributed by atoms with Crippen LogP contribution in [0.5, 0.6) is 0 Å². The van der Waals surface area contributed by atoms with Gasteiger partial charge in [0.05, 0.1) is 11.3 Å². The van der Waals surface area contributed by atoms with Crippen molar-refractivity contribution in [3.8, 4) is 6.07 Å². The van der Waals surface area contributed by atoms with Crippen LogP contribution in [0.1, 0.15) is 15.9 Å². The average Bonchev–Trinajstić information content (AvgIpc) is 2.39. The summed E-state index contributed by atoms with van der Waals surface area (Å²) >= 11 is 3.15. The highest BCUT2D eigenvalue weighted by Gasteiger charge is 2.14. The van der Waals surface area contributed by atoms with Gasteiger partial charge < -0.3 is 5.32 Å². The standard InChI is InChI=1S/C13H7BrFN3O/c14-12-8(3-2-6-17-12)13(19)18-11-5-1-4-10(15)9(11)7-16/h1-6H,(H,18,19). The van der Waals surface area contributed by atoms with Crippen molar-refractivity contribution in [3.63, 3.8) is 0 Å². The highest BCUT2D eigenvalue weighted by Crippen LogP contribution is 2.20. The number of anilines is 1. The number of hydrogen-bond donors (Lipinski definition) is 1. The Balaban J connectivity index is 2.33. The first-order chi connectivity index (χ1) is 9.13. The van der Waals surface area contributed by atoms with Gasteiger partial charge in [0.2, 0.25) is 0 Å². The third-order valence-corrected chi connectivity index (χ3v) is 3.01. The fourth-order valence-electron chi connectivity index (χ4n) is 1.49. The number of rotatable bonds is 2. The van der Waals surface area contributed by atoms with Gasteiger partial charge in [-0.15, -0.1) is 0 Å². The first-order valence-electron chi connectivity index (χ1n) is 5.24. The lowest BCUT2D eigenvalue weighted by atomic mass is 10.1. The summed E-state index contributed by atoms with van der Waals surface area (Å²) in [4.78, 5) is 15.9. The van der Waals surface area contributed by atoms with Gasteiger partial charge in [-0.2, -0.15) is 5.26 Å². The highest BCUT2D eigenvalue weighted by molar-refractivity contribution is 9.10. The van der Waals surface area contributed by atoms with Crippen LogP contribution in [0.2, 0.25) is 0 Å². The maximum absolute atomic E-state index is 13.4. The zero-order chi connectivity index (χ0) is 13.8. The molecule has 19 heavy (non-hydrogen) atoms. The van der Waals surface area contributed by atoms with E-state index in [1.165, 1.54) is 18.3 Å². The summed E-state index contributed by atoms with van der Waals surface area (Å²) < 4.78 is 13.8. The van der Waals surface area contributed by atoms with Gasteiger partial charge >= 0.3 is 0 Å². The van der Waals surface area contributed by atoms with Gasteiger partial charge in [-0.3, -0.25) is 4.79 Å². The van der Waals surface area contributed by atoms with Crippen molar-refractivity contribution in [2.45, 2.75) is 0 Å². The number of halogens is 2. The lowest BCUT2D eigenvalue weighted by molar-refractivity contribution is 0.102. The fourth-order valence-corrected chi connectivity index (χ4v) is 1.92. The second kappa shape index (κ2) is 5.59. The van der Waals surface area contributed by atoms with Crippen LogP contribution in [0.25, 0.3) is 0 Å². The number of pyridine rings is 1. The van der Waals surface area contributed by atoms with E-state index in [4.69, 9.17) is 5.26 Å². The molecule has 0 saturated heterocycles. The van der Waals surface area contributed by atoms with Crippen molar-refractivity contribution in [1.29, 1.82) is 5.26 Å². The van der Waals surface area contributed by atoms with Crippen LogP contribution in [0.4, 0.5) is 10.1 Å². The second-order valence-electron chi connectivity index (χ2n) is 3.57. The van der Waals surface area contributed by atoms with Crippen molar-refractivity contribution in [1.82, 2.24) is 4.98 Å². The molecular formula is C13H7BrFN3O. The van der Waals surface area contributed by atoms with Crippen LogP contribution < -0.4 is 5.32 Å². The Morgan fingerprint density at radius 2 is 2.16 bits per heavy atom. The van der Waals surface area contributed by atoms with Gasteiger partial charge in [-0.1, -0.05) is 6.07 Å². The van der Waals surface area contributed by atoms with E-state index in [9.17, 15) is 9.18 Å². The molecule has 1 heterocycles. The van der Waals surface area contributed by atoms with Gasteiger partial charge in [-0.25, -0.2) is 9.37 Å². The van der Waals surface area contributed by atoms with Crippen molar-refractivity contribution >= 4 is 27.5 Å². The number of hydrogen-bond acceptors (Lipinski definition) is 3. The van der Waals surface area contributed by atoms with Crippen LogP contribution in [0.15, 0.2) is 41.1 Å². The molecular weight excluding hydrogens is 313 g/mol. The molecule has 0 radical (unpaired) electrons. The first-order valence-corrected chi connectivity index (χ1v) is 6.03. The van der Waals surface area contributed by atoms with Gasteiger partial charge in [0.15, 0.2) is 0 Å².